The van der Waals surface area contributed by atoms with E-state index in [1.165, 1.54) is 35.5 Å². The maximum absolute atomic E-state index is 12.8. The lowest BCUT2D eigenvalue weighted by molar-refractivity contribution is -0.173. The molecule has 4 aliphatic rings. The Morgan fingerprint density at radius 2 is 2.11 bits per heavy atom. The largest absolute Gasteiger partial charge is 0.377 e. The molecule has 2 amide bonds. The molecule has 0 bridgehead atoms. The van der Waals surface area contributed by atoms with E-state index in [-0.39, 0.29) is 12.0 Å². The quantitative estimate of drug-likeness (QED) is 0.809. The smallest absolute Gasteiger partial charge is 0.251 e. The van der Waals surface area contributed by atoms with Crippen molar-refractivity contribution in [3.8, 4) is 0 Å². The highest BCUT2D eigenvalue weighted by Gasteiger charge is 2.59. The van der Waals surface area contributed by atoms with E-state index in [4.69, 9.17) is 10.5 Å². The van der Waals surface area contributed by atoms with E-state index in [0.29, 0.717) is 28.6 Å². The molecule has 0 aromatic carbocycles. The van der Waals surface area contributed by atoms with E-state index in [2.05, 4.69) is 10.2 Å². The highest BCUT2D eigenvalue weighted by atomic mass is 32.1. The van der Waals surface area contributed by atoms with Gasteiger partial charge in [0.25, 0.3) is 5.91 Å². The molecule has 2 aliphatic carbocycles. The van der Waals surface area contributed by atoms with Gasteiger partial charge in [0.15, 0.2) is 0 Å². The number of hydrogen-bond donors (Lipinski definition) is 2. The van der Waals surface area contributed by atoms with Crippen LogP contribution in [0, 0.1) is 5.41 Å². The number of primary amides is 1. The zero-order valence-corrected chi connectivity index (χ0v) is 16.4. The summed E-state index contributed by atoms with van der Waals surface area (Å²) in [7, 11) is 0. The number of thiophene rings is 1. The Balaban J connectivity index is 1.28. The fraction of sp³-hybridized carbons (Fsp3) is 0.700. The lowest BCUT2D eigenvalue weighted by atomic mass is 9.56. The number of amides is 2. The minimum atomic E-state index is -0.431. The number of ether oxygens (including phenoxy) is 1. The summed E-state index contributed by atoms with van der Waals surface area (Å²) in [4.78, 5) is 28.2. The molecule has 2 saturated heterocycles. The zero-order chi connectivity index (χ0) is 18.6. The first-order chi connectivity index (χ1) is 13.1. The lowest BCUT2D eigenvalue weighted by Crippen LogP contribution is -2.72. The first-order valence-corrected chi connectivity index (χ1v) is 11.0. The molecule has 1 saturated carbocycles. The van der Waals surface area contributed by atoms with Crippen LogP contribution in [0.1, 0.15) is 59.3 Å². The summed E-state index contributed by atoms with van der Waals surface area (Å²) >= 11 is 1.52. The number of fused-ring (bicyclic) bond motifs is 1. The molecule has 5 rings (SSSR count). The predicted molar refractivity (Wildman–Crippen MR) is 104 cm³/mol. The van der Waals surface area contributed by atoms with E-state index < -0.39 is 5.91 Å². The molecule has 1 aromatic rings. The standard InChI is InChI=1S/C20H27N3O3S/c21-18(25)16-12-4-1-6-14(12)27-19(16)22-15(24)10-23-11-20(7-3-8-20)17(23)13-5-2-9-26-13/h13,17H,1-11H2,(H2,21,25)(H,22,24). The van der Waals surface area contributed by atoms with Crippen LogP contribution in [-0.4, -0.2) is 48.6 Å². The minimum absolute atomic E-state index is 0.0467. The first kappa shape index (κ1) is 17.6. The molecule has 3 fully saturated rings. The van der Waals surface area contributed by atoms with Crippen molar-refractivity contribution in [2.24, 2.45) is 11.1 Å². The van der Waals surface area contributed by atoms with Gasteiger partial charge in [-0.3, -0.25) is 14.5 Å². The highest BCUT2D eigenvalue weighted by molar-refractivity contribution is 7.17. The fourth-order valence-corrected chi connectivity index (χ4v) is 7.01. The Labute approximate surface area is 163 Å². The van der Waals surface area contributed by atoms with Gasteiger partial charge in [-0.05, 0) is 50.5 Å². The van der Waals surface area contributed by atoms with Crippen molar-refractivity contribution in [2.45, 2.75) is 63.5 Å². The highest BCUT2D eigenvalue weighted by Crippen LogP contribution is 2.55. The molecule has 3 heterocycles. The van der Waals surface area contributed by atoms with Gasteiger partial charge < -0.3 is 15.8 Å². The number of nitrogens with two attached hydrogens (primary N) is 1. The Hall–Kier alpha value is -1.44. The van der Waals surface area contributed by atoms with E-state index >= 15 is 0 Å². The second-order valence-electron chi connectivity index (χ2n) is 8.59. The Kier molecular flexibility index (Phi) is 4.29. The second kappa shape index (κ2) is 6.57. The average molecular weight is 390 g/mol. The van der Waals surface area contributed by atoms with Crippen molar-refractivity contribution >= 4 is 28.2 Å². The van der Waals surface area contributed by atoms with E-state index in [0.717, 1.165) is 50.8 Å². The number of aryl methyl sites for hydroxylation is 1. The van der Waals surface area contributed by atoms with Gasteiger partial charge in [-0.15, -0.1) is 11.3 Å². The number of carbonyl (C=O) groups is 2. The van der Waals surface area contributed by atoms with Crippen LogP contribution in [0.25, 0.3) is 0 Å². The summed E-state index contributed by atoms with van der Waals surface area (Å²) < 4.78 is 5.98. The van der Waals surface area contributed by atoms with E-state index in [9.17, 15) is 9.59 Å². The van der Waals surface area contributed by atoms with Crippen LogP contribution in [-0.2, 0) is 22.4 Å². The molecule has 27 heavy (non-hydrogen) atoms. The SMILES string of the molecule is NC(=O)c1c(NC(=O)CN2CC3(CCC3)C2C2CCCO2)sc2c1CCC2. The van der Waals surface area contributed by atoms with Gasteiger partial charge in [0.05, 0.1) is 18.2 Å². The molecular formula is C20H27N3O3S. The van der Waals surface area contributed by atoms with Crippen LogP contribution in [0.2, 0.25) is 0 Å². The normalized spacial score (nSPS) is 28.6. The Morgan fingerprint density at radius 3 is 2.78 bits per heavy atom. The topological polar surface area (TPSA) is 84.7 Å². The van der Waals surface area contributed by atoms with Crippen LogP contribution in [0.5, 0.6) is 0 Å². The van der Waals surface area contributed by atoms with Crippen molar-refractivity contribution in [1.29, 1.82) is 0 Å². The molecule has 1 aromatic heterocycles. The Morgan fingerprint density at radius 1 is 1.26 bits per heavy atom. The third-order valence-electron chi connectivity index (χ3n) is 6.97. The molecular weight excluding hydrogens is 362 g/mol. The number of likely N-dealkylation sites (tertiary alicyclic amines) is 1. The number of nitrogens with one attached hydrogen (secondary N) is 1. The summed E-state index contributed by atoms with van der Waals surface area (Å²) in [5.41, 5.74) is 7.58. The lowest BCUT2D eigenvalue weighted by Gasteiger charge is -2.63. The van der Waals surface area contributed by atoms with Crippen molar-refractivity contribution in [3.05, 3.63) is 16.0 Å². The average Bonchev–Trinajstić information content (AvgIpc) is 3.25. The summed E-state index contributed by atoms with van der Waals surface area (Å²) in [5.74, 6) is -0.478. The van der Waals surface area contributed by atoms with Crippen LogP contribution in [0.3, 0.4) is 0 Å². The van der Waals surface area contributed by atoms with Crippen molar-refractivity contribution < 1.29 is 14.3 Å². The van der Waals surface area contributed by atoms with Gasteiger partial charge >= 0.3 is 0 Å². The zero-order valence-electron chi connectivity index (χ0n) is 15.6. The fourth-order valence-electron chi connectivity index (χ4n) is 5.69. The van der Waals surface area contributed by atoms with E-state index in [1.54, 1.807) is 0 Å². The van der Waals surface area contributed by atoms with Crippen LogP contribution < -0.4 is 11.1 Å². The maximum atomic E-state index is 12.8. The predicted octanol–water partition coefficient (Wildman–Crippen LogP) is 2.31. The number of hydrogen-bond acceptors (Lipinski definition) is 5. The number of carbonyl (C=O) groups excluding carboxylic acids is 2. The number of nitrogens with zero attached hydrogens (tertiary/aromatic N) is 1. The Bertz CT molecular complexity index is 780. The van der Waals surface area contributed by atoms with E-state index in [1.807, 2.05) is 0 Å². The van der Waals surface area contributed by atoms with Crippen molar-refractivity contribution in [3.63, 3.8) is 0 Å². The third kappa shape index (κ3) is 2.82. The van der Waals surface area contributed by atoms with Gasteiger partial charge in [0.1, 0.15) is 5.00 Å². The molecule has 2 unspecified atom stereocenters. The van der Waals surface area contributed by atoms with Crippen LogP contribution in [0.4, 0.5) is 5.00 Å². The van der Waals surface area contributed by atoms with Crippen molar-refractivity contribution in [1.82, 2.24) is 4.90 Å². The maximum Gasteiger partial charge on any atom is 0.251 e. The molecule has 146 valence electrons. The monoisotopic (exact) mass is 389 g/mol. The molecule has 2 atom stereocenters. The summed E-state index contributed by atoms with van der Waals surface area (Å²) in [6, 6.07) is 0.378. The molecule has 0 radical (unpaired) electrons. The molecule has 1 spiro atoms. The van der Waals surface area contributed by atoms with Gasteiger partial charge in [-0.25, -0.2) is 0 Å². The summed E-state index contributed by atoms with van der Waals surface area (Å²) in [6.45, 7) is 2.21. The second-order valence-corrected chi connectivity index (χ2v) is 9.70. The van der Waals surface area contributed by atoms with Gasteiger partial charge in [-0.2, -0.15) is 0 Å². The molecule has 3 N–H and O–H groups in total. The van der Waals surface area contributed by atoms with Gasteiger partial charge in [0, 0.05) is 29.5 Å². The third-order valence-corrected chi connectivity index (χ3v) is 8.18. The molecule has 7 heteroatoms. The van der Waals surface area contributed by atoms with Crippen LogP contribution >= 0.6 is 11.3 Å². The molecule has 6 nitrogen and oxygen atoms in total. The number of rotatable bonds is 5. The number of anilines is 1. The van der Waals surface area contributed by atoms with Gasteiger partial charge in [0.2, 0.25) is 5.91 Å². The van der Waals surface area contributed by atoms with Crippen molar-refractivity contribution in [2.75, 3.05) is 25.0 Å². The minimum Gasteiger partial charge on any atom is -0.377 e. The van der Waals surface area contributed by atoms with Gasteiger partial charge in [-0.1, -0.05) is 6.42 Å². The summed E-state index contributed by atoms with van der Waals surface area (Å²) in [5, 5.41) is 3.63. The first-order valence-electron chi connectivity index (χ1n) is 10.2. The summed E-state index contributed by atoms with van der Waals surface area (Å²) in [6.07, 6.45) is 9.26. The molecule has 2 aliphatic heterocycles. The van der Waals surface area contributed by atoms with Crippen LogP contribution in [0.15, 0.2) is 0 Å².